The second-order valence-electron chi connectivity index (χ2n) is 13.3. The van der Waals surface area contributed by atoms with Crippen molar-refractivity contribution in [1.29, 1.82) is 0 Å². The van der Waals surface area contributed by atoms with E-state index in [-0.39, 0.29) is 109 Å². The number of fused-ring (bicyclic) bond motifs is 9. The fourth-order valence-electron chi connectivity index (χ4n) is 7.73. The molecule has 0 aliphatic carbocycles. The molecule has 0 saturated carbocycles. The van der Waals surface area contributed by atoms with Crippen LogP contribution in [0.25, 0.3) is 111 Å². The molecular weight excluding hydrogens is 699 g/mol. The average molecular weight is 744 g/mol. The topological polar surface area (TPSA) is 61.7 Å². The normalized spacial score (nSPS) is 15.3. The SMILES string of the molecule is [2H]c1cc([2H])c2c(c1[2H])c1c([2H])c([2H])cc([2H])c1n2-c1ccc(-c2cccc3c2oc2ccccc23)cc1-c1nc(-c2ccccc2)nc(-n2c3c([2H])c([2H])c([2H])c([2H])c3c3c([2H])c([2H])c([2H])c([2H])c32)n1. The molecule has 0 unspecified atom stereocenters. The molecule has 0 aliphatic heterocycles. The zero-order valence-corrected chi connectivity index (χ0v) is 29.5. The van der Waals surface area contributed by atoms with Crippen molar-refractivity contribution >= 4 is 65.6 Å². The summed E-state index contributed by atoms with van der Waals surface area (Å²) in [4.78, 5) is 15.0. The maximum Gasteiger partial charge on any atom is 0.238 e. The number of aromatic nitrogens is 5. The van der Waals surface area contributed by atoms with E-state index in [0.717, 1.165) is 10.8 Å². The second-order valence-corrected chi connectivity index (χ2v) is 13.3. The van der Waals surface area contributed by atoms with Crippen molar-refractivity contribution < 1.29 is 23.6 Å². The van der Waals surface area contributed by atoms with Crippen molar-refractivity contribution in [3.05, 3.63) is 188 Å². The Hall–Kier alpha value is -7.83. The van der Waals surface area contributed by atoms with Crippen molar-refractivity contribution in [3.8, 4) is 45.5 Å². The summed E-state index contributed by atoms with van der Waals surface area (Å²) in [6.07, 6.45) is 0. The first-order chi connectivity index (χ1) is 34.1. The lowest BCUT2D eigenvalue weighted by Gasteiger charge is -2.17. The van der Waals surface area contributed by atoms with Gasteiger partial charge in [-0.3, -0.25) is 4.57 Å². The van der Waals surface area contributed by atoms with Gasteiger partial charge in [-0.2, -0.15) is 9.97 Å². The minimum absolute atomic E-state index is 0.0158. The van der Waals surface area contributed by atoms with Crippen LogP contribution in [0.1, 0.15) is 19.2 Å². The number of nitrogens with zero attached hydrogens (tertiary/aromatic N) is 5. The summed E-state index contributed by atoms with van der Waals surface area (Å²) >= 11 is 0. The molecule has 57 heavy (non-hydrogen) atoms. The van der Waals surface area contributed by atoms with Gasteiger partial charge < -0.3 is 8.98 Å². The molecule has 4 aromatic heterocycles. The number of para-hydroxylation sites is 6. The van der Waals surface area contributed by atoms with Crippen molar-refractivity contribution in [2.45, 2.75) is 0 Å². The molecule has 0 fully saturated rings. The van der Waals surface area contributed by atoms with E-state index < -0.39 is 48.3 Å². The zero-order chi connectivity index (χ0) is 49.6. The van der Waals surface area contributed by atoms with Crippen LogP contribution in [0, 0.1) is 0 Å². The molecule has 6 heteroatoms. The molecule has 0 N–H and O–H groups in total. The van der Waals surface area contributed by atoms with Crippen molar-refractivity contribution in [2.75, 3.05) is 0 Å². The monoisotopic (exact) mass is 743 g/mol. The summed E-state index contributed by atoms with van der Waals surface area (Å²) in [7, 11) is 0. The maximum absolute atomic E-state index is 9.31. The van der Waals surface area contributed by atoms with Gasteiger partial charge in [0.1, 0.15) is 11.2 Å². The first-order valence-corrected chi connectivity index (χ1v) is 18.0. The Morgan fingerprint density at radius 2 is 1.04 bits per heavy atom. The Morgan fingerprint density at radius 1 is 0.421 bits per heavy atom. The molecule has 8 aromatic carbocycles. The van der Waals surface area contributed by atoms with Gasteiger partial charge in [-0.1, -0.05) is 145 Å². The lowest BCUT2D eigenvalue weighted by Crippen LogP contribution is -2.08. The number of benzene rings is 8. The predicted octanol–water partition coefficient (Wildman–Crippen LogP) is 13.0. The smallest absolute Gasteiger partial charge is 0.238 e. The molecular formula is C51H31N5O. The lowest BCUT2D eigenvalue weighted by atomic mass is 9.99. The van der Waals surface area contributed by atoms with E-state index in [1.54, 1.807) is 48.5 Å². The van der Waals surface area contributed by atoms with Crippen LogP contribution in [-0.2, 0) is 0 Å². The summed E-state index contributed by atoms with van der Waals surface area (Å²) in [5.41, 5.74) is 3.04. The summed E-state index contributed by atoms with van der Waals surface area (Å²) in [5.74, 6) is -0.329. The van der Waals surface area contributed by atoms with Crippen LogP contribution in [0.15, 0.2) is 192 Å². The third-order valence-electron chi connectivity index (χ3n) is 10.2. The summed E-state index contributed by atoms with van der Waals surface area (Å²) in [5, 5.41) is 1.39. The summed E-state index contributed by atoms with van der Waals surface area (Å²) < 4.78 is 135. The minimum Gasteiger partial charge on any atom is -0.455 e. The van der Waals surface area contributed by atoms with E-state index in [1.165, 1.54) is 21.3 Å². The molecule has 0 spiro atoms. The molecule has 0 amide bonds. The Labute approximate surface area is 346 Å². The standard InChI is InChI=1S/C51H31N5O/c1-2-15-32(16-3-1)49-52-50(54-51(53-49)56-44-26-11-6-19-37(44)38-20-7-12-27-45(38)56)41-31-33(34-22-14-23-40-39-21-8-13-28-47(39)57-48(34)40)29-30-46(41)55-42-24-9-4-17-35(42)36-18-5-10-25-43(36)55/h1-31H/i4D,5D,6D,7D,11D,12D,17D,18D,19D,20D,24D,25D,26D,27D. The molecule has 0 bridgehead atoms. The quantitative estimate of drug-likeness (QED) is 0.176. The van der Waals surface area contributed by atoms with Gasteiger partial charge in [-0.25, -0.2) is 4.98 Å². The summed E-state index contributed by atoms with van der Waals surface area (Å²) in [6.45, 7) is 0. The predicted molar refractivity (Wildman–Crippen MR) is 232 cm³/mol. The van der Waals surface area contributed by atoms with E-state index in [2.05, 4.69) is 0 Å². The van der Waals surface area contributed by atoms with Crippen molar-refractivity contribution in [3.63, 3.8) is 0 Å². The Balaban J connectivity index is 1.27. The number of hydrogen-bond donors (Lipinski definition) is 0. The zero-order valence-electron chi connectivity index (χ0n) is 43.5. The Kier molecular flexibility index (Phi) is 4.49. The largest absolute Gasteiger partial charge is 0.455 e. The van der Waals surface area contributed by atoms with Gasteiger partial charge in [0.2, 0.25) is 5.95 Å². The van der Waals surface area contributed by atoms with E-state index >= 15 is 0 Å². The van der Waals surface area contributed by atoms with E-state index in [4.69, 9.17) is 33.1 Å². The van der Waals surface area contributed by atoms with Gasteiger partial charge in [0.25, 0.3) is 0 Å². The van der Waals surface area contributed by atoms with Crippen LogP contribution in [0.3, 0.4) is 0 Å². The second kappa shape index (κ2) is 12.3. The molecule has 0 saturated heterocycles. The van der Waals surface area contributed by atoms with Crippen molar-refractivity contribution in [2.24, 2.45) is 0 Å². The van der Waals surface area contributed by atoms with Crippen LogP contribution >= 0.6 is 0 Å². The van der Waals surface area contributed by atoms with Gasteiger partial charge >= 0.3 is 0 Å². The third-order valence-corrected chi connectivity index (χ3v) is 10.2. The van der Waals surface area contributed by atoms with Gasteiger partial charge in [0.05, 0.1) is 46.9 Å². The van der Waals surface area contributed by atoms with Gasteiger partial charge in [0.15, 0.2) is 11.6 Å². The van der Waals surface area contributed by atoms with Crippen LogP contribution in [0.2, 0.25) is 0 Å². The maximum atomic E-state index is 9.31. The molecule has 6 nitrogen and oxygen atoms in total. The van der Waals surface area contributed by atoms with Gasteiger partial charge in [-0.15, -0.1) is 0 Å². The number of furan rings is 1. The van der Waals surface area contributed by atoms with E-state index in [9.17, 15) is 5.48 Å². The average Bonchev–Trinajstić information content (AvgIpc) is 4.07. The van der Waals surface area contributed by atoms with Gasteiger partial charge in [0, 0.05) is 49.0 Å². The van der Waals surface area contributed by atoms with Crippen LogP contribution in [0.4, 0.5) is 0 Å². The minimum atomic E-state index is -0.632. The van der Waals surface area contributed by atoms with Crippen LogP contribution in [0.5, 0.6) is 0 Å². The highest BCUT2D eigenvalue weighted by Gasteiger charge is 2.23. The molecule has 0 radical (unpaired) electrons. The molecule has 0 aliphatic rings. The molecule has 266 valence electrons. The molecule has 12 aromatic rings. The fourth-order valence-corrected chi connectivity index (χ4v) is 7.73. The highest BCUT2D eigenvalue weighted by Crippen LogP contribution is 2.41. The van der Waals surface area contributed by atoms with Gasteiger partial charge in [-0.05, 0) is 47.9 Å². The first kappa shape index (κ1) is 20.7. The first-order valence-electron chi connectivity index (χ1n) is 25.0. The van der Waals surface area contributed by atoms with E-state index in [1.807, 2.05) is 42.5 Å². The summed E-state index contributed by atoms with van der Waals surface area (Å²) in [6, 6.07) is 23.4. The van der Waals surface area contributed by atoms with E-state index in [0.29, 0.717) is 27.9 Å². The van der Waals surface area contributed by atoms with Crippen LogP contribution in [-0.4, -0.2) is 24.1 Å². The number of hydrogen-bond acceptors (Lipinski definition) is 4. The Bertz CT molecular complexity index is 4210. The van der Waals surface area contributed by atoms with Crippen LogP contribution < -0.4 is 0 Å². The Morgan fingerprint density at radius 3 is 1.77 bits per heavy atom. The number of rotatable bonds is 5. The third kappa shape index (κ3) is 4.81. The highest BCUT2D eigenvalue weighted by molar-refractivity contribution is 6.12. The highest BCUT2D eigenvalue weighted by atomic mass is 16.3. The molecule has 0 atom stereocenters. The molecule has 12 rings (SSSR count). The molecule has 4 heterocycles. The fraction of sp³-hybridized carbons (Fsp3) is 0. The van der Waals surface area contributed by atoms with Crippen molar-refractivity contribution in [1.82, 2.24) is 24.1 Å². The lowest BCUT2D eigenvalue weighted by molar-refractivity contribution is 0.670.